The van der Waals surface area contributed by atoms with Crippen LogP contribution < -0.4 is 21.8 Å². The average molecular weight is 900 g/mol. The van der Waals surface area contributed by atoms with Gasteiger partial charge in [0.1, 0.15) is 7.85 Å². The first-order valence-electron chi connectivity index (χ1n) is 24.8. The fourth-order valence-electron chi connectivity index (χ4n) is 11.0. The summed E-state index contributed by atoms with van der Waals surface area (Å²) in [5.74, 6) is 3.21. The Bertz CT molecular complexity index is 1740. The first kappa shape index (κ1) is 57.9. The molecule has 7 heteroatoms. The Hall–Kier alpha value is -2.19. The molecule has 0 heterocycles. The van der Waals surface area contributed by atoms with Crippen molar-refractivity contribution in [3.63, 3.8) is 0 Å². The van der Waals surface area contributed by atoms with E-state index in [2.05, 4.69) is 171 Å². The quantitative estimate of drug-likeness (QED) is 0.0272. The molecule has 0 amide bonds. The highest BCUT2D eigenvalue weighted by Gasteiger charge is 2.69. The second-order valence-electron chi connectivity index (χ2n) is 23.4. The van der Waals surface area contributed by atoms with Crippen LogP contribution in [0.15, 0.2) is 73.2 Å². The Labute approximate surface area is 403 Å². The molecule has 0 aromatic heterocycles. The monoisotopic (exact) mass is 900 g/mol. The Balaban J connectivity index is 2.79. The van der Waals surface area contributed by atoms with Gasteiger partial charge in [-0.15, -0.1) is 0 Å². The highest BCUT2D eigenvalue weighted by atomic mass is 32.1. The van der Waals surface area contributed by atoms with Crippen LogP contribution >= 0.6 is 12.6 Å². The number of hydrogen-bond acceptors (Lipinski definition) is 6. The lowest BCUT2D eigenvalue weighted by molar-refractivity contribution is -0.206. The van der Waals surface area contributed by atoms with E-state index >= 15 is 0 Å². The van der Waals surface area contributed by atoms with Crippen molar-refractivity contribution < 1.29 is 9.47 Å². The van der Waals surface area contributed by atoms with Crippen LogP contribution in [-0.4, -0.2) is 47.2 Å². The van der Waals surface area contributed by atoms with Crippen molar-refractivity contribution >= 4 is 25.9 Å². The van der Waals surface area contributed by atoms with Gasteiger partial charge in [-0.1, -0.05) is 204 Å². The van der Waals surface area contributed by atoms with E-state index in [1.165, 1.54) is 30.4 Å². The van der Waals surface area contributed by atoms with E-state index in [0.717, 1.165) is 73.7 Å². The molecule has 362 valence electrons. The molecule has 5 nitrogen and oxygen atoms in total. The number of nitrogens with one attached hydrogen (secondary N) is 2. The molecule has 64 heavy (non-hydrogen) atoms. The minimum Gasteiger partial charge on any atom is -0.498 e. The van der Waals surface area contributed by atoms with Crippen LogP contribution in [-0.2, 0) is 21.8 Å². The summed E-state index contributed by atoms with van der Waals surface area (Å²) in [5.41, 5.74) is 7.72. The third kappa shape index (κ3) is 12.5. The van der Waals surface area contributed by atoms with Crippen molar-refractivity contribution in [3.05, 3.63) is 89.9 Å². The van der Waals surface area contributed by atoms with E-state index in [4.69, 9.17) is 36.2 Å². The smallest absolute Gasteiger partial charge is 0.114 e. The van der Waals surface area contributed by atoms with Crippen molar-refractivity contribution in [3.8, 4) is 0 Å². The van der Waals surface area contributed by atoms with Crippen LogP contribution in [0.4, 0.5) is 0 Å². The van der Waals surface area contributed by atoms with Gasteiger partial charge in [-0.05, 0) is 93.4 Å². The zero-order valence-electron chi connectivity index (χ0n) is 44.5. The standard InChI is InChI=1S/C57H98BN3O2S/c1-20-21-26-42(2)51(8,9)39-48(46-31-29-45(41-64)30-32-46)52(10,11)53(12,13)57(19,44(4)63-37-24-34-60-36-33-59)55(16,17)54(14,15)56(18,50(5,6)7)43(3)62-38-25-35-61-40-47-27-22-23-28-49(47)58/h22-23,27-32,42,48,60-61,64H,3-4,20-21,24-26,33-41,59H2,1-2,5-19H3. The Morgan fingerprint density at radius 1 is 0.703 bits per heavy atom. The number of rotatable bonds is 30. The van der Waals surface area contributed by atoms with E-state index in [-0.39, 0.29) is 27.6 Å². The predicted octanol–water partition coefficient (Wildman–Crippen LogP) is 13.6. The second-order valence-corrected chi connectivity index (χ2v) is 23.8. The molecule has 2 aromatic carbocycles. The van der Waals surface area contributed by atoms with Gasteiger partial charge in [0.2, 0.25) is 0 Å². The summed E-state index contributed by atoms with van der Waals surface area (Å²) in [5, 5.41) is 7.02. The van der Waals surface area contributed by atoms with Gasteiger partial charge >= 0.3 is 0 Å². The molecule has 4 unspecified atom stereocenters. The first-order chi connectivity index (χ1) is 29.5. The van der Waals surface area contributed by atoms with Crippen LogP contribution in [0, 0.1) is 49.2 Å². The number of benzene rings is 2. The summed E-state index contributed by atoms with van der Waals surface area (Å²) in [4.78, 5) is 0. The van der Waals surface area contributed by atoms with Gasteiger partial charge in [0.15, 0.2) is 0 Å². The number of thiol groups is 1. The Kier molecular flexibility index (Phi) is 21.5. The average Bonchev–Trinajstić information content (AvgIpc) is 3.23. The molecule has 0 spiro atoms. The van der Waals surface area contributed by atoms with E-state index in [0.29, 0.717) is 25.7 Å². The zero-order chi connectivity index (χ0) is 49.0. The molecule has 0 fully saturated rings. The molecule has 0 bridgehead atoms. The molecular weight excluding hydrogens is 802 g/mol. The van der Waals surface area contributed by atoms with Gasteiger partial charge in [-0.25, -0.2) is 0 Å². The molecule has 0 saturated heterocycles. The molecule has 0 aliphatic carbocycles. The lowest BCUT2D eigenvalue weighted by Crippen LogP contribution is -2.64. The highest BCUT2D eigenvalue weighted by Crippen LogP contribution is 2.74. The minimum atomic E-state index is -0.574. The lowest BCUT2D eigenvalue weighted by Gasteiger charge is -2.69. The number of ether oxygens (including phenoxy) is 2. The molecule has 0 aliphatic rings. The highest BCUT2D eigenvalue weighted by molar-refractivity contribution is 7.79. The maximum atomic E-state index is 7.01. The Morgan fingerprint density at radius 2 is 1.22 bits per heavy atom. The van der Waals surface area contributed by atoms with Gasteiger partial charge in [-0.3, -0.25) is 0 Å². The largest absolute Gasteiger partial charge is 0.498 e. The predicted molar refractivity (Wildman–Crippen MR) is 285 cm³/mol. The summed E-state index contributed by atoms with van der Waals surface area (Å²) < 4.78 is 13.8. The van der Waals surface area contributed by atoms with Crippen molar-refractivity contribution in [2.24, 2.45) is 55.0 Å². The molecule has 4 atom stereocenters. The van der Waals surface area contributed by atoms with Crippen molar-refractivity contribution in [1.29, 1.82) is 0 Å². The zero-order valence-corrected chi connectivity index (χ0v) is 45.4. The van der Waals surface area contributed by atoms with Crippen LogP contribution in [0.5, 0.6) is 0 Å². The molecule has 0 saturated carbocycles. The van der Waals surface area contributed by atoms with Gasteiger partial charge in [-0.2, -0.15) is 12.6 Å². The van der Waals surface area contributed by atoms with Gasteiger partial charge in [0.05, 0.1) is 24.7 Å². The number of nitrogens with two attached hydrogens (primary N) is 1. The number of allylic oxidation sites excluding steroid dienone is 2. The van der Waals surface area contributed by atoms with Gasteiger partial charge in [0.25, 0.3) is 0 Å². The van der Waals surface area contributed by atoms with Crippen molar-refractivity contribution in [1.82, 2.24) is 10.6 Å². The summed E-state index contributed by atoms with van der Waals surface area (Å²) in [6, 6.07) is 17.4. The van der Waals surface area contributed by atoms with Crippen LogP contribution in [0.3, 0.4) is 0 Å². The summed E-state index contributed by atoms with van der Waals surface area (Å²) in [7, 11) is 6.21. The molecule has 2 radical (unpaired) electrons. The van der Waals surface area contributed by atoms with Crippen LogP contribution in [0.2, 0.25) is 0 Å². The molecule has 4 N–H and O–H groups in total. The Morgan fingerprint density at radius 3 is 1.72 bits per heavy atom. The summed E-state index contributed by atoms with van der Waals surface area (Å²) in [6.45, 7) is 56.4. The van der Waals surface area contributed by atoms with Crippen molar-refractivity contribution in [2.75, 3.05) is 39.4 Å². The molecule has 2 rings (SSSR count). The second kappa shape index (κ2) is 23.7. The third-order valence-corrected chi connectivity index (χ3v) is 18.6. The van der Waals surface area contributed by atoms with E-state index in [1.807, 2.05) is 18.2 Å². The number of unbranched alkanes of at least 4 members (excludes halogenated alkanes) is 1. The van der Waals surface area contributed by atoms with E-state index < -0.39 is 21.7 Å². The molecular formula is C57H98BN3O2S. The van der Waals surface area contributed by atoms with Gasteiger partial charge < -0.3 is 25.8 Å². The normalized spacial score (nSPS) is 16.1. The molecule has 0 aliphatic heterocycles. The lowest BCUT2D eigenvalue weighted by atomic mass is 9.35. The fraction of sp³-hybridized carbons (Fsp3) is 0.719. The minimum absolute atomic E-state index is 0.106. The number of hydrogen-bond donors (Lipinski definition) is 4. The maximum absolute atomic E-state index is 7.01. The van der Waals surface area contributed by atoms with E-state index in [1.54, 1.807) is 0 Å². The first-order valence-corrected chi connectivity index (χ1v) is 25.4. The summed E-state index contributed by atoms with van der Waals surface area (Å²) in [6.07, 6.45) is 6.48. The van der Waals surface area contributed by atoms with Gasteiger partial charge in [0, 0.05) is 36.2 Å². The van der Waals surface area contributed by atoms with Crippen molar-refractivity contribution in [2.45, 2.75) is 174 Å². The fourth-order valence-corrected chi connectivity index (χ4v) is 11.2. The maximum Gasteiger partial charge on any atom is 0.114 e. The summed E-state index contributed by atoms with van der Waals surface area (Å²) >= 11 is 4.65. The SMILES string of the molecule is [B]c1ccccc1CNCCCOC(=C)C(C)(C(C)(C)C)C(C)(C)C(C)(C)C(C)(C(=C)OCCCNCCN)C(C)(C)C(C)(C)C(CC(C)(C)C(C)CCCC)c1ccc(CS)cc1. The molecule has 2 aromatic rings. The third-order valence-electron chi connectivity index (χ3n) is 18.3. The van der Waals surface area contributed by atoms with Crippen LogP contribution in [0.25, 0.3) is 0 Å². The topological polar surface area (TPSA) is 68.5 Å². The van der Waals surface area contributed by atoms with E-state index in [9.17, 15) is 0 Å². The van der Waals surface area contributed by atoms with Crippen LogP contribution in [0.1, 0.15) is 179 Å².